The second kappa shape index (κ2) is 14.7. The molecule has 0 saturated heterocycles. The summed E-state index contributed by atoms with van der Waals surface area (Å²) in [6.07, 6.45) is 0. The highest BCUT2D eigenvalue weighted by molar-refractivity contribution is 6.14. The molecule has 3 heteroatoms. The van der Waals surface area contributed by atoms with E-state index in [9.17, 15) is 0 Å². The van der Waals surface area contributed by atoms with Gasteiger partial charge in [0.15, 0.2) is 0 Å². The fourth-order valence-electron chi connectivity index (χ4n) is 13.6. The van der Waals surface area contributed by atoms with Crippen LogP contribution in [0.2, 0.25) is 0 Å². The van der Waals surface area contributed by atoms with Crippen LogP contribution in [0.1, 0.15) is 47.2 Å². The first kappa shape index (κ1) is 40.5. The van der Waals surface area contributed by atoms with E-state index < -0.39 is 5.41 Å². The minimum Gasteiger partial charge on any atom is -0.456 e. The van der Waals surface area contributed by atoms with Crippen molar-refractivity contribution in [3.63, 3.8) is 0 Å². The third-order valence-electron chi connectivity index (χ3n) is 16.7. The van der Waals surface area contributed by atoms with Crippen LogP contribution in [0, 0.1) is 0 Å². The van der Waals surface area contributed by atoms with E-state index in [-0.39, 0.29) is 5.41 Å². The zero-order valence-electron chi connectivity index (χ0n) is 40.3. The smallest absolute Gasteiger partial charge is 0.136 e. The molecule has 0 fully saturated rings. The molecule has 16 rings (SSSR count). The molecule has 0 N–H and O–H groups in total. The first-order valence-electron chi connectivity index (χ1n) is 25.4. The summed E-state index contributed by atoms with van der Waals surface area (Å²) in [5.74, 6) is 0. The molecule has 1 spiro atoms. The van der Waals surface area contributed by atoms with E-state index in [0.29, 0.717) is 0 Å². The minimum atomic E-state index is -0.584. The van der Waals surface area contributed by atoms with Gasteiger partial charge in [-0.2, -0.15) is 0 Å². The third-order valence-corrected chi connectivity index (χ3v) is 16.7. The summed E-state index contributed by atoms with van der Waals surface area (Å²) in [6.45, 7) is 4.76. The molecule has 0 saturated carbocycles. The number of anilines is 3. The van der Waals surface area contributed by atoms with Crippen LogP contribution in [0.3, 0.4) is 0 Å². The van der Waals surface area contributed by atoms with Crippen LogP contribution >= 0.6 is 0 Å². The van der Waals surface area contributed by atoms with Crippen LogP contribution in [-0.2, 0) is 10.8 Å². The quantitative estimate of drug-likeness (QED) is 0.172. The predicted octanol–water partition coefficient (Wildman–Crippen LogP) is 18.9. The van der Waals surface area contributed by atoms with Crippen LogP contribution < -0.4 is 4.90 Å². The van der Waals surface area contributed by atoms with E-state index in [1.807, 2.05) is 6.07 Å². The van der Waals surface area contributed by atoms with E-state index in [1.165, 1.54) is 66.8 Å². The Morgan fingerprint density at radius 1 is 0.315 bits per heavy atom. The first-order valence-corrected chi connectivity index (χ1v) is 25.4. The highest BCUT2D eigenvalue weighted by atomic mass is 16.3. The molecule has 0 atom stereocenters. The van der Waals surface area contributed by atoms with Gasteiger partial charge in [0.2, 0.25) is 0 Å². The van der Waals surface area contributed by atoms with Gasteiger partial charge in [-0.3, -0.25) is 0 Å². The number of fused-ring (bicyclic) bond motifs is 19. The Kier molecular flexibility index (Phi) is 8.16. The highest BCUT2D eigenvalue weighted by Gasteiger charge is 2.53. The number of furan rings is 2. The lowest BCUT2D eigenvalue weighted by atomic mass is 9.70. The van der Waals surface area contributed by atoms with Crippen LogP contribution in [0.5, 0.6) is 0 Å². The van der Waals surface area contributed by atoms with Crippen molar-refractivity contribution >= 4 is 60.9 Å². The molecule has 3 nitrogen and oxygen atoms in total. The van der Waals surface area contributed by atoms with Crippen molar-refractivity contribution in [3.05, 3.63) is 270 Å². The second-order valence-electron chi connectivity index (χ2n) is 20.6. The van der Waals surface area contributed by atoms with Crippen molar-refractivity contribution in [1.82, 2.24) is 0 Å². The fraction of sp³-hybridized carbons (Fsp3) is 0.0571. The summed E-state index contributed by atoms with van der Waals surface area (Å²) < 4.78 is 13.0. The number of rotatable bonds is 5. The average molecular weight is 932 g/mol. The molecule has 3 aliphatic rings. The normalized spacial score (nSPS) is 14.1. The van der Waals surface area contributed by atoms with Gasteiger partial charge < -0.3 is 13.7 Å². The Hall–Kier alpha value is -9.18. The lowest BCUT2D eigenvalue weighted by molar-refractivity contribution is 0.660. The first-order chi connectivity index (χ1) is 36.0. The second-order valence-corrected chi connectivity index (χ2v) is 20.6. The van der Waals surface area contributed by atoms with Gasteiger partial charge in [-0.1, -0.05) is 190 Å². The molecule has 0 bridgehead atoms. The van der Waals surface area contributed by atoms with Gasteiger partial charge in [0.05, 0.1) is 11.1 Å². The maximum atomic E-state index is 6.63. The van der Waals surface area contributed by atoms with Crippen LogP contribution in [-0.4, -0.2) is 0 Å². The predicted molar refractivity (Wildman–Crippen MR) is 300 cm³/mol. The molecular weight excluding hydrogens is 887 g/mol. The van der Waals surface area contributed by atoms with E-state index in [2.05, 4.69) is 249 Å². The van der Waals surface area contributed by atoms with Crippen molar-refractivity contribution in [3.8, 4) is 55.6 Å². The Balaban J connectivity index is 1.02. The van der Waals surface area contributed by atoms with Gasteiger partial charge >= 0.3 is 0 Å². The number of benzene rings is 11. The van der Waals surface area contributed by atoms with Gasteiger partial charge in [0.25, 0.3) is 0 Å². The Bertz CT molecular complexity index is 4440. The summed E-state index contributed by atoms with van der Waals surface area (Å²) in [4.78, 5) is 2.55. The minimum absolute atomic E-state index is 0.209. The summed E-state index contributed by atoms with van der Waals surface area (Å²) in [6, 6.07) is 87.6. The lowest BCUT2D eigenvalue weighted by Crippen LogP contribution is -2.26. The standard InChI is InChI=1S/C70H45NO2/c1-69(2)55-25-9-3-17-48(55)51-38-37-45(41-59(51)69)71(44-35-33-42(34-36-44)46-23-15-31-64-66(46)53-21-7-13-29-62(53)72-64)61-40-43(47-24-16-32-65-67(47)54-22-8-14-30-63(54)73-65)39-60-68(61)52-20-6-12-28-58(52)70(60)56-26-10-4-18-49(56)50-19-5-11-27-57(50)70/h3-41H,1-2H3. The molecule has 2 heterocycles. The Morgan fingerprint density at radius 2 is 0.767 bits per heavy atom. The van der Waals surface area contributed by atoms with Gasteiger partial charge in [0.1, 0.15) is 22.3 Å². The molecular formula is C70H45NO2. The number of nitrogens with zero attached hydrogens (tertiary/aromatic N) is 1. The van der Waals surface area contributed by atoms with Gasteiger partial charge in [-0.05, 0) is 144 Å². The Morgan fingerprint density at radius 3 is 1.38 bits per heavy atom. The van der Waals surface area contributed by atoms with Crippen LogP contribution in [0.4, 0.5) is 17.1 Å². The van der Waals surface area contributed by atoms with Crippen molar-refractivity contribution in [2.45, 2.75) is 24.7 Å². The number of hydrogen-bond donors (Lipinski definition) is 0. The number of para-hydroxylation sites is 2. The maximum absolute atomic E-state index is 6.63. The molecule has 2 aromatic heterocycles. The average Bonchev–Trinajstić information content (AvgIpc) is 4.24. The topological polar surface area (TPSA) is 29.5 Å². The van der Waals surface area contributed by atoms with Crippen molar-refractivity contribution in [2.75, 3.05) is 4.90 Å². The zero-order valence-corrected chi connectivity index (χ0v) is 40.3. The zero-order chi connectivity index (χ0) is 48.2. The summed E-state index contributed by atoms with van der Waals surface area (Å²) in [7, 11) is 0. The molecule has 0 unspecified atom stereocenters. The van der Waals surface area contributed by atoms with Gasteiger partial charge in [-0.25, -0.2) is 0 Å². The van der Waals surface area contributed by atoms with E-state index in [4.69, 9.17) is 8.83 Å². The van der Waals surface area contributed by atoms with Crippen molar-refractivity contribution in [1.29, 1.82) is 0 Å². The van der Waals surface area contributed by atoms with Crippen molar-refractivity contribution in [2.24, 2.45) is 0 Å². The molecule has 73 heavy (non-hydrogen) atoms. The molecule has 11 aromatic carbocycles. The van der Waals surface area contributed by atoms with Crippen LogP contribution in [0.25, 0.3) is 99.5 Å². The summed E-state index contributed by atoms with van der Waals surface area (Å²) in [5, 5.41) is 4.48. The largest absolute Gasteiger partial charge is 0.456 e. The lowest BCUT2D eigenvalue weighted by Gasteiger charge is -2.33. The van der Waals surface area contributed by atoms with E-state index in [0.717, 1.165) is 83.2 Å². The summed E-state index contributed by atoms with van der Waals surface area (Å²) in [5.41, 5.74) is 26.1. The maximum Gasteiger partial charge on any atom is 0.136 e. The third kappa shape index (κ3) is 5.38. The molecule has 13 aromatic rings. The van der Waals surface area contributed by atoms with Crippen LogP contribution in [0.15, 0.2) is 245 Å². The Labute approximate surface area is 422 Å². The molecule has 0 aliphatic heterocycles. The monoisotopic (exact) mass is 931 g/mol. The molecule has 0 amide bonds. The summed E-state index contributed by atoms with van der Waals surface area (Å²) >= 11 is 0. The van der Waals surface area contributed by atoms with Gasteiger partial charge in [-0.15, -0.1) is 0 Å². The molecule has 342 valence electrons. The fourth-order valence-corrected chi connectivity index (χ4v) is 13.6. The molecule has 0 radical (unpaired) electrons. The van der Waals surface area contributed by atoms with Gasteiger partial charge in [0, 0.05) is 43.9 Å². The van der Waals surface area contributed by atoms with E-state index in [1.54, 1.807) is 0 Å². The SMILES string of the molecule is CC1(C)c2ccccc2-c2ccc(N(c3ccc(-c4cccc5oc6ccccc6c45)cc3)c3cc(-c4cccc5oc6ccccc6c45)cc4c3-c3ccccc3C43c4ccccc4-c4ccccc43)cc21. The molecule has 3 aliphatic carbocycles. The number of hydrogen-bond acceptors (Lipinski definition) is 3. The highest BCUT2D eigenvalue weighted by Crippen LogP contribution is 2.66. The van der Waals surface area contributed by atoms with E-state index >= 15 is 0 Å². The van der Waals surface area contributed by atoms with Crippen molar-refractivity contribution < 1.29 is 8.83 Å².